The number of alkyl halides is 1. The predicted octanol–water partition coefficient (Wildman–Crippen LogP) is 5.01. The van der Waals surface area contributed by atoms with Gasteiger partial charge in [-0.05, 0) is 62.2 Å². The van der Waals surface area contributed by atoms with Crippen molar-refractivity contribution >= 4 is 15.9 Å². The van der Waals surface area contributed by atoms with Gasteiger partial charge in [0, 0.05) is 5.33 Å². The van der Waals surface area contributed by atoms with Crippen molar-refractivity contribution in [3.63, 3.8) is 0 Å². The van der Waals surface area contributed by atoms with E-state index in [-0.39, 0.29) is 0 Å². The molecule has 0 radical (unpaired) electrons. The first kappa shape index (κ1) is 12.0. The van der Waals surface area contributed by atoms with Crippen LogP contribution in [0.25, 0.3) is 0 Å². The molecule has 2 saturated carbocycles. The third kappa shape index (κ3) is 3.22. The minimum absolute atomic E-state index is 0.990. The van der Waals surface area contributed by atoms with Crippen LogP contribution in [-0.4, -0.2) is 5.33 Å². The smallest absolute Gasteiger partial charge is 0.00596 e. The second-order valence-corrected chi connectivity index (χ2v) is 6.60. The maximum Gasteiger partial charge on any atom is 0.00596 e. The fourth-order valence-electron chi connectivity index (χ4n) is 3.57. The largest absolute Gasteiger partial charge is 0.0925 e. The molecule has 2 rings (SSSR count). The van der Waals surface area contributed by atoms with Gasteiger partial charge < -0.3 is 0 Å². The molecule has 0 aromatic rings. The van der Waals surface area contributed by atoms with Gasteiger partial charge >= 0.3 is 0 Å². The lowest BCUT2D eigenvalue weighted by molar-refractivity contribution is 0.156. The SMILES string of the molecule is CC1CCC(C2CCC(CBr)CC2)CC1. The van der Waals surface area contributed by atoms with E-state index in [0.717, 1.165) is 23.7 Å². The van der Waals surface area contributed by atoms with Gasteiger partial charge in [0.15, 0.2) is 0 Å². The van der Waals surface area contributed by atoms with Crippen LogP contribution < -0.4 is 0 Å². The van der Waals surface area contributed by atoms with Gasteiger partial charge in [0.1, 0.15) is 0 Å². The summed E-state index contributed by atoms with van der Waals surface area (Å²) in [7, 11) is 0. The van der Waals surface area contributed by atoms with Crippen molar-refractivity contribution in [1.29, 1.82) is 0 Å². The Labute approximate surface area is 103 Å². The highest BCUT2D eigenvalue weighted by atomic mass is 79.9. The Hall–Kier alpha value is 0.480. The topological polar surface area (TPSA) is 0 Å². The zero-order valence-corrected chi connectivity index (χ0v) is 11.6. The van der Waals surface area contributed by atoms with Crippen molar-refractivity contribution in [1.82, 2.24) is 0 Å². The number of halogens is 1. The monoisotopic (exact) mass is 272 g/mol. The molecule has 0 amide bonds. The first-order valence-electron chi connectivity index (χ1n) is 6.85. The van der Waals surface area contributed by atoms with Crippen molar-refractivity contribution in [2.24, 2.45) is 23.7 Å². The Morgan fingerprint density at radius 2 is 1.27 bits per heavy atom. The van der Waals surface area contributed by atoms with Crippen molar-refractivity contribution < 1.29 is 0 Å². The van der Waals surface area contributed by atoms with Gasteiger partial charge in [-0.3, -0.25) is 0 Å². The number of hydrogen-bond donors (Lipinski definition) is 0. The minimum atomic E-state index is 0.990. The third-order valence-corrected chi connectivity index (χ3v) is 5.75. The lowest BCUT2D eigenvalue weighted by atomic mass is 9.70. The molecule has 15 heavy (non-hydrogen) atoms. The second kappa shape index (κ2) is 5.70. The third-order valence-electron chi connectivity index (χ3n) is 4.84. The molecule has 0 aliphatic heterocycles. The van der Waals surface area contributed by atoms with Gasteiger partial charge in [0.2, 0.25) is 0 Å². The van der Waals surface area contributed by atoms with Crippen LogP contribution in [-0.2, 0) is 0 Å². The van der Waals surface area contributed by atoms with E-state index in [4.69, 9.17) is 0 Å². The van der Waals surface area contributed by atoms with Crippen LogP contribution in [0.3, 0.4) is 0 Å². The molecule has 88 valence electrons. The summed E-state index contributed by atoms with van der Waals surface area (Å²) in [6, 6.07) is 0. The highest BCUT2D eigenvalue weighted by Gasteiger charge is 2.29. The van der Waals surface area contributed by atoms with Crippen LogP contribution in [0.4, 0.5) is 0 Å². The van der Waals surface area contributed by atoms with Crippen molar-refractivity contribution in [3.8, 4) is 0 Å². The molecule has 2 fully saturated rings. The van der Waals surface area contributed by atoms with E-state index in [9.17, 15) is 0 Å². The fourth-order valence-corrected chi connectivity index (χ4v) is 4.22. The maximum absolute atomic E-state index is 3.63. The zero-order valence-electron chi connectivity index (χ0n) is 10.1. The first-order chi connectivity index (χ1) is 7.29. The van der Waals surface area contributed by atoms with E-state index in [1.54, 1.807) is 0 Å². The van der Waals surface area contributed by atoms with Crippen molar-refractivity contribution in [2.45, 2.75) is 58.3 Å². The molecule has 0 aromatic carbocycles. The van der Waals surface area contributed by atoms with E-state index in [0.29, 0.717) is 0 Å². The molecule has 0 saturated heterocycles. The molecule has 0 nitrogen and oxygen atoms in total. The summed E-state index contributed by atoms with van der Waals surface area (Å²) >= 11 is 3.63. The van der Waals surface area contributed by atoms with E-state index in [1.807, 2.05) is 0 Å². The van der Waals surface area contributed by atoms with E-state index < -0.39 is 0 Å². The second-order valence-electron chi connectivity index (χ2n) is 5.96. The predicted molar refractivity (Wildman–Crippen MR) is 70.4 cm³/mol. The maximum atomic E-state index is 3.63. The average Bonchev–Trinajstić information content (AvgIpc) is 2.30. The van der Waals surface area contributed by atoms with Crippen LogP contribution >= 0.6 is 15.9 Å². The summed E-state index contributed by atoms with van der Waals surface area (Å²) in [6.45, 7) is 2.43. The van der Waals surface area contributed by atoms with Crippen LogP contribution in [0.5, 0.6) is 0 Å². The lowest BCUT2D eigenvalue weighted by Crippen LogP contribution is -2.25. The number of hydrogen-bond acceptors (Lipinski definition) is 0. The summed E-state index contributed by atoms with van der Waals surface area (Å²) in [6.07, 6.45) is 12.1. The standard InChI is InChI=1S/C14H25Br/c1-11-2-6-13(7-3-11)14-8-4-12(10-15)5-9-14/h11-14H,2-10H2,1H3. The zero-order chi connectivity index (χ0) is 10.7. The molecule has 1 heteroatoms. The van der Waals surface area contributed by atoms with Gasteiger partial charge in [0.05, 0.1) is 0 Å². The molecular formula is C14H25Br. The summed E-state index contributed by atoms with van der Waals surface area (Å²) < 4.78 is 0. The number of rotatable bonds is 2. The molecule has 2 aliphatic carbocycles. The van der Waals surface area contributed by atoms with Crippen LogP contribution in [0.1, 0.15) is 58.3 Å². The van der Waals surface area contributed by atoms with E-state index in [2.05, 4.69) is 22.9 Å². The van der Waals surface area contributed by atoms with Gasteiger partial charge in [-0.25, -0.2) is 0 Å². The Kier molecular flexibility index (Phi) is 4.54. The Bertz CT molecular complexity index is 174. The molecule has 0 aromatic heterocycles. The molecule has 0 unspecified atom stereocenters. The molecule has 0 heterocycles. The van der Waals surface area contributed by atoms with Gasteiger partial charge in [-0.1, -0.05) is 35.7 Å². The first-order valence-corrected chi connectivity index (χ1v) is 7.97. The normalized spacial score (nSPS) is 42.8. The fraction of sp³-hybridized carbons (Fsp3) is 1.00. The van der Waals surface area contributed by atoms with Gasteiger partial charge in [-0.15, -0.1) is 0 Å². The highest BCUT2D eigenvalue weighted by Crippen LogP contribution is 2.41. The molecule has 0 spiro atoms. The van der Waals surface area contributed by atoms with E-state index >= 15 is 0 Å². The van der Waals surface area contributed by atoms with Crippen LogP contribution in [0.2, 0.25) is 0 Å². The Balaban J connectivity index is 1.75. The van der Waals surface area contributed by atoms with E-state index in [1.165, 1.54) is 56.7 Å². The molecule has 0 N–H and O–H groups in total. The van der Waals surface area contributed by atoms with Crippen molar-refractivity contribution in [2.75, 3.05) is 5.33 Å². The summed E-state index contributed by atoms with van der Waals surface area (Å²) in [5.74, 6) is 4.19. The summed E-state index contributed by atoms with van der Waals surface area (Å²) in [5, 5.41) is 1.24. The quantitative estimate of drug-likeness (QED) is 0.620. The van der Waals surface area contributed by atoms with Crippen LogP contribution in [0, 0.1) is 23.7 Å². The minimum Gasteiger partial charge on any atom is -0.0925 e. The average molecular weight is 273 g/mol. The molecule has 0 bridgehead atoms. The lowest BCUT2D eigenvalue weighted by Gasteiger charge is -2.36. The van der Waals surface area contributed by atoms with Crippen molar-refractivity contribution in [3.05, 3.63) is 0 Å². The van der Waals surface area contributed by atoms with Crippen LogP contribution in [0.15, 0.2) is 0 Å². The molecule has 0 atom stereocenters. The Morgan fingerprint density at radius 3 is 1.73 bits per heavy atom. The van der Waals surface area contributed by atoms with Gasteiger partial charge in [0.25, 0.3) is 0 Å². The molecule has 2 aliphatic rings. The highest BCUT2D eigenvalue weighted by molar-refractivity contribution is 9.09. The molecular weight excluding hydrogens is 248 g/mol. The summed E-state index contributed by atoms with van der Waals surface area (Å²) in [5.41, 5.74) is 0. The summed E-state index contributed by atoms with van der Waals surface area (Å²) in [4.78, 5) is 0. The van der Waals surface area contributed by atoms with Gasteiger partial charge in [-0.2, -0.15) is 0 Å². The Morgan fingerprint density at radius 1 is 0.800 bits per heavy atom.